The molecule has 0 fully saturated rings. The number of amides is 1. The molecule has 0 aliphatic heterocycles. The molecule has 2 N–H and O–H groups in total. The van der Waals surface area contributed by atoms with Crippen molar-refractivity contribution in [3.63, 3.8) is 0 Å². The molecule has 0 saturated heterocycles. The Morgan fingerprint density at radius 3 is 2.64 bits per heavy atom. The van der Waals surface area contributed by atoms with Crippen molar-refractivity contribution in [2.75, 3.05) is 13.7 Å². The van der Waals surface area contributed by atoms with E-state index in [1.54, 1.807) is 19.1 Å². The molecule has 0 saturated carbocycles. The molecule has 1 aromatic heterocycles. The van der Waals surface area contributed by atoms with E-state index < -0.39 is 18.0 Å². The quantitative estimate of drug-likeness (QED) is 0.838. The molecule has 7 nitrogen and oxygen atoms in total. The number of aromatic nitrogens is 1. The van der Waals surface area contributed by atoms with Crippen molar-refractivity contribution in [2.24, 2.45) is 0 Å². The SMILES string of the molecule is COC(CNC(=O)c1nc(C)oc1-c1ccccc1)C(=O)O. The van der Waals surface area contributed by atoms with Crippen LogP contribution < -0.4 is 5.32 Å². The molecule has 0 radical (unpaired) electrons. The number of aliphatic carboxylic acids is 1. The number of hydrogen-bond acceptors (Lipinski definition) is 5. The summed E-state index contributed by atoms with van der Waals surface area (Å²) < 4.78 is 10.2. The van der Waals surface area contributed by atoms with Crippen LogP contribution in [0.3, 0.4) is 0 Å². The van der Waals surface area contributed by atoms with Crippen LogP contribution in [0.15, 0.2) is 34.7 Å². The number of carboxylic acid groups (broad SMARTS) is 1. The zero-order chi connectivity index (χ0) is 16.1. The monoisotopic (exact) mass is 304 g/mol. The van der Waals surface area contributed by atoms with E-state index in [0.717, 1.165) is 5.56 Å². The van der Waals surface area contributed by atoms with Gasteiger partial charge in [-0.05, 0) is 0 Å². The summed E-state index contributed by atoms with van der Waals surface area (Å²) in [5.74, 6) is -0.966. The zero-order valence-electron chi connectivity index (χ0n) is 12.2. The molecule has 116 valence electrons. The summed E-state index contributed by atoms with van der Waals surface area (Å²) in [4.78, 5) is 27.1. The van der Waals surface area contributed by atoms with Gasteiger partial charge in [-0.1, -0.05) is 30.3 Å². The number of methoxy groups -OCH3 is 1. The smallest absolute Gasteiger partial charge is 0.334 e. The highest BCUT2D eigenvalue weighted by Crippen LogP contribution is 2.24. The molecule has 1 amide bonds. The first-order valence-electron chi connectivity index (χ1n) is 6.59. The number of nitrogens with zero attached hydrogens (tertiary/aromatic N) is 1. The Bertz CT molecular complexity index is 666. The first-order valence-corrected chi connectivity index (χ1v) is 6.59. The van der Waals surface area contributed by atoms with Gasteiger partial charge in [-0.25, -0.2) is 9.78 Å². The van der Waals surface area contributed by atoms with Gasteiger partial charge in [0.2, 0.25) is 0 Å². The third-order valence-corrected chi connectivity index (χ3v) is 2.99. The lowest BCUT2D eigenvalue weighted by molar-refractivity contribution is -0.148. The van der Waals surface area contributed by atoms with Crippen LogP contribution in [0, 0.1) is 6.92 Å². The molecule has 0 aliphatic rings. The predicted octanol–water partition coefficient (Wildman–Crippen LogP) is 1.48. The van der Waals surface area contributed by atoms with Gasteiger partial charge < -0.3 is 19.6 Å². The molecule has 0 spiro atoms. The lowest BCUT2D eigenvalue weighted by atomic mass is 10.1. The van der Waals surface area contributed by atoms with Crippen molar-refractivity contribution in [3.8, 4) is 11.3 Å². The van der Waals surface area contributed by atoms with Gasteiger partial charge in [0.05, 0.1) is 6.54 Å². The van der Waals surface area contributed by atoms with Gasteiger partial charge in [-0.15, -0.1) is 0 Å². The number of benzene rings is 1. The minimum absolute atomic E-state index is 0.115. The normalized spacial score (nSPS) is 11.9. The van der Waals surface area contributed by atoms with Crippen molar-refractivity contribution in [1.29, 1.82) is 0 Å². The van der Waals surface area contributed by atoms with E-state index in [9.17, 15) is 9.59 Å². The first kappa shape index (κ1) is 15.7. The Morgan fingerprint density at radius 2 is 2.05 bits per heavy atom. The van der Waals surface area contributed by atoms with E-state index in [1.807, 2.05) is 18.2 Å². The second-order valence-corrected chi connectivity index (χ2v) is 4.55. The summed E-state index contributed by atoms with van der Waals surface area (Å²) in [6.07, 6.45) is -1.11. The van der Waals surface area contributed by atoms with E-state index in [4.69, 9.17) is 14.3 Å². The Labute approximate surface area is 126 Å². The van der Waals surface area contributed by atoms with Gasteiger partial charge in [0.1, 0.15) is 0 Å². The number of carbonyl (C=O) groups excluding carboxylic acids is 1. The highest BCUT2D eigenvalue weighted by molar-refractivity contribution is 5.97. The van der Waals surface area contributed by atoms with Crippen molar-refractivity contribution in [1.82, 2.24) is 10.3 Å². The fraction of sp³-hybridized carbons (Fsp3) is 0.267. The van der Waals surface area contributed by atoms with Crippen molar-refractivity contribution < 1.29 is 23.8 Å². The summed E-state index contributed by atoms with van der Waals surface area (Å²) >= 11 is 0. The van der Waals surface area contributed by atoms with Crippen LogP contribution >= 0.6 is 0 Å². The largest absolute Gasteiger partial charge is 0.479 e. The zero-order valence-corrected chi connectivity index (χ0v) is 12.2. The van der Waals surface area contributed by atoms with Crippen LogP contribution in [0.5, 0.6) is 0 Å². The molecular weight excluding hydrogens is 288 g/mol. The Morgan fingerprint density at radius 1 is 1.36 bits per heavy atom. The van der Waals surface area contributed by atoms with E-state index in [1.165, 1.54) is 7.11 Å². The lowest BCUT2D eigenvalue weighted by Gasteiger charge is -2.11. The third kappa shape index (κ3) is 3.50. The number of carboxylic acids is 1. The molecule has 2 aromatic rings. The third-order valence-electron chi connectivity index (χ3n) is 2.99. The molecule has 22 heavy (non-hydrogen) atoms. The van der Waals surface area contributed by atoms with E-state index in [2.05, 4.69) is 10.3 Å². The Hall–Kier alpha value is -2.67. The predicted molar refractivity (Wildman–Crippen MR) is 77.4 cm³/mol. The molecule has 1 heterocycles. The maximum Gasteiger partial charge on any atom is 0.334 e. The van der Waals surface area contributed by atoms with Gasteiger partial charge in [0.25, 0.3) is 5.91 Å². The molecule has 0 aliphatic carbocycles. The lowest BCUT2D eigenvalue weighted by Crippen LogP contribution is -2.38. The summed E-state index contributed by atoms with van der Waals surface area (Å²) in [6, 6.07) is 9.08. The highest BCUT2D eigenvalue weighted by Gasteiger charge is 2.22. The summed E-state index contributed by atoms with van der Waals surface area (Å²) in [5.41, 5.74) is 0.832. The molecule has 1 aromatic carbocycles. The van der Waals surface area contributed by atoms with Crippen LogP contribution in [0.2, 0.25) is 0 Å². The number of aryl methyl sites for hydroxylation is 1. The standard InChI is InChI=1S/C15H16N2O5/c1-9-17-12(13(22-9)10-6-4-3-5-7-10)14(18)16-8-11(21-2)15(19)20/h3-7,11H,8H2,1-2H3,(H,16,18)(H,19,20). The molecule has 2 rings (SSSR count). The molecular formula is C15H16N2O5. The van der Waals surface area contributed by atoms with Crippen molar-refractivity contribution >= 4 is 11.9 Å². The van der Waals surface area contributed by atoms with Gasteiger partial charge in [-0.3, -0.25) is 4.79 Å². The van der Waals surface area contributed by atoms with E-state index in [-0.39, 0.29) is 12.2 Å². The average molecular weight is 304 g/mol. The van der Waals surface area contributed by atoms with Crippen molar-refractivity contribution in [3.05, 3.63) is 41.9 Å². The van der Waals surface area contributed by atoms with E-state index >= 15 is 0 Å². The second-order valence-electron chi connectivity index (χ2n) is 4.55. The van der Waals surface area contributed by atoms with Gasteiger partial charge >= 0.3 is 5.97 Å². The van der Waals surface area contributed by atoms with Gasteiger partial charge in [0, 0.05) is 19.6 Å². The minimum atomic E-state index is -1.15. The fourth-order valence-electron chi connectivity index (χ4n) is 1.91. The molecule has 1 atom stereocenters. The van der Waals surface area contributed by atoms with Crippen molar-refractivity contribution in [2.45, 2.75) is 13.0 Å². The Kier molecular flexibility index (Phi) is 4.90. The van der Waals surface area contributed by atoms with Crippen LogP contribution in [-0.2, 0) is 9.53 Å². The fourth-order valence-corrected chi connectivity index (χ4v) is 1.91. The minimum Gasteiger partial charge on any atom is -0.479 e. The molecule has 7 heteroatoms. The molecule has 0 bridgehead atoms. The van der Waals surface area contributed by atoms with Crippen LogP contribution in [0.1, 0.15) is 16.4 Å². The first-order chi connectivity index (χ1) is 10.5. The number of rotatable bonds is 6. The number of nitrogens with one attached hydrogen (secondary N) is 1. The number of carbonyl (C=O) groups is 2. The number of oxazole rings is 1. The average Bonchev–Trinajstić information content (AvgIpc) is 2.90. The van der Waals surface area contributed by atoms with Crippen LogP contribution in [-0.4, -0.2) is 41.7 Å². The summed E-state index contributed by atoms with van der Waals surface area (Å²) in [6.45, 7) is 1.48. The van der Waals surface area contributed by atoms with E-state index in [0.29, 0.717) is 11.7 Å². The second kappa shape index (κ2) is 6.86. The maximum absolute atomic E-state index is 12.2. The number of hydrogen-bond donors (Lipinski definition) is 2. The molecule has 1 unspecified atom stereocenters. The number of ether oxygens (including phenoxy) is 1. The van der Waals surface area contributed by atoms with Gasteiger partial charge in [-0.2, -0.15) is 0 Å². The van der Waals surface area contributed by atoms with Crippen LogP contribution in [0.25, 0.3) is 11.3 Å². The summed E-state index contributed by atoms with van der Waals surface area (Å²) in [5, 5.41) is 11.4. The summed E-state index contributed by atoms with van der Waals surface area (Å²) in [7, 11) is 1.26. The Balaban J connectivity index is 2.19. The maximum atomic E-state index is 12.2. The van der Waals surface area contributed by atoms with Gasteiger partial charge in [0.15, 0.2) is 23.4 Å². The topological polar surface area (TPSA) is 102 Å². The highest BCUT2D eigenvalue weighted by atomic mass is 16.5. The van der Waals surface area contributed by atoms with Crippen LogP contribution in [0.4, 0.5) is 0 Å².